The largest absolute Gasteiger partial charge is 0.311 e. The number of rotatable bonds is 3. The summed E-state index contributed by atoms with van der Waals surface area (Å²) in [5.74, 6) is 1.84. The fraction of sp³-hybridized carbons (Fsp3) is 1.00. The van der Waals surface area contributed by atoms with Crippen molar-refractivity contribution in [3.8, 4) is 0 Å². The topological polar surface area (TPSA) is 12.0 Å². The zero-order valence-corrected chi connectivity index (χ0v) is 13.0. The SMILES string of the molecule is CC1CC(N[C@H](C)C2CCCCC2)CC(C)(C)C1. The van der Waals surface area contributed by atoms with Crippen molar-refractivity contribution in [2.45, 2.75) is 91.1 Å². The van der Waals surface area contributed by atoms with Crippen molar-refractivity contribution < 1.29 is 0 Å². The van der Waals surface area contributed by atoms with Crippen LogP contribution in [0.5, 0.6) is 0 Å². The first kappa shape index (κ1) is 14.4. The fourth-order valence-electron chi connectivity index (χ4n) is 4.62. The van der Waals surface area contributed by atoms with Gasteiger partial charge in [-0.25, -0.2) is 0 Å². The van der Waals surface area contributed by atoms with Gasteiger partial charge in [0.1, 0.15) is 0 Å². The second-order valence-corrected chi connectivity index (χ2v) is 7.96. The molecule has 0 amide bonds. The molecule has 2 aliphatic rings. The van der Waals surface area contributed by atoms with Gasteiger partial charge >= 0.3 is 0 Å². The van der Waals surface area contributed by atoms with Crippen LogP contribution in [0.2, 0.25) is 0 Å². The van der Waals surface area contributed by atoms with Crippen molar-refractivity contribution >= 4 is 0 Å². The van der Waals surface area contributed by atoms with Gasteiger partial charge in [0.25, 0.3) is 0 Å². The predicted octanol–water partition coefficient (Wildman–Crippen LogP) is 4.76. The van der Waals surface area contributed by atoms with Crippen LogP contribution < -0.4 is 5.32 Å². The Bertz CT molecular complexity index is 252. The van der Waals surface area contributed by atoms with E-state index in [0.717, 1.165) is 23.9 Å². The van der Waals surface area contributed by atoms with E-state index in [-0.39, 0.29) is 0 Å². The van der Waals surface area contributed by atoms with E-state index in [1.165, 1.54) is 51.4 Å². The van der Waals surface area contributed by atoms with E-state index in [1.54, 1.807) is 0 Å². The molecule has 1 N–H and O–H groups in total. The Morgan fingerprint density at radius 3 is 2.33 bits per heavy atom. The van der Waals surface area contributed by atoms with Gasteiger partial charge in [0.15, 0.2) is 0 Å². The maximum atomic E-state index is 3.97. The summed E-state index contributed by atoms with van der Waals surface area (Å²) in [6.07, 6.45) is 11.5. The van der Waals surface area contributed by atoms with Crippen LogP contribution in [0.3, 0.4) is 0 Å². The van der Waals surface area contributed by atoms with Crippen molar-refractivity contribution in [2.24, 2.45) is 17.3 Å². The molecular formula is C17H33N. The highest BCUT2D eigenvalue weighted by Crippen LogP contribution is 2.39. The van der Waals surface area contributed by atoms with Crippen molar-refractivity contribution in [3.63, 3.8) is 0 Å². The van der Waals surface area contributed by atoms with Crippen LogP contribution in [0.25, 0.3) is 0 Å². The summed E-state index contributed by atoms with van der Waals surface area (Å²) in [5, 5.41) is 3.97. The van der Waals surface area contributed by atoms with E-state index >= 15 is 0 Å². The lowest BCUT2D eigenvalue weighted by molar-refractivity contribution is 0.134. The van der Waals surface area contributed by atoms with E-state index in [2.05, 4.69) is 33.0 Å². The Morgan fingerprint density at radius 1 is 1.06 bits per heavy atom. The molecule has 1 heteroatoms. The molecule has 0 aliphatic heterocycles. The van der Waals surface area contributed by atoms with Crippen LogP contribution in [-0.4, -0.2) is 12.1 Å². The molecule has 18 heavy (non-hydrogen) atoms. The molecular weight excluding hydrogens is 218 g/mol. The summed E-state index contributed by atoms with van der Waals surface area (Å²) >= 11 is 0. The van der Waals surface area contributed by atoms with Crippen molar-refractivity contribution in [1.29, 1.82) is 0 Å². The summed E-state index contributed by atoms with van der Waals surface area (Å²) in [6, 6.07) is 1.50. The maximum absolute atomic E-state index is 3.97. The summed E-state index contributed by atoms with van der Waals surface area (Å²) in [7, 11) is 0. The quantitative estimate of drug-likeness (QED) is 0.762. The first-order valence-corrected chi connectivity index (χ1v) is 8.22. The third-order valence-electron chi connectivity index (χ3n) is 5.24. The highest BCUT2D eigenvalue weighted by molar-refractivity contribution is 4.89. The van der Waals surface area contributed by atoms with Crippen LogP contribution in [-0.2, 0) is 0 Å². The van der Waals surface area contributed by atoms with Crippen LogP contribution in [0.15, 0.2) is 0 Å². The van der Waals surface area contributed by atoms with E-state index < -0.39 is 0 Å². The minimum absolute atomic E-state index is 0.543. The molecule has 0 radical (unpaired) electrons. The van der Waals surface area contributed by atoms with Gasteiger partial charge in [-0.3, -0.25) is 0 Å². The highest BCUT2D eigenvalue weighted by atomic mass is 15.0. The zero-order valence-electron chi connectivity index (χ0n) is 13.0. The van der Waals surface area contributed by atoms with Gasteiger partial charge < -0.3 is 5.32 Å². The molecule has 0 saturated heterocycles. The molecule has 1 nitrogen and oxygen atoms in total. The van der Waals surface area contributed by atoms with E-state index in [9.17, 15) is 0 Å². The van der Waals surface area contributed by atoms with Crippen LogP contribution in [0, 0.1) is 17.3 Å². The molecule has 2 unspecified atom stereocenters. The summed E-state index contributed by atoms with van der Waals surface area (Å²) < 4.78 is 0. The second kappa shape index (κ2) is 5.94. The second-order valence-electron chi connectivity index (χ2n) is 7.96. The smallest absolute Gasteiger partial charge is 0.00772 e. The normalized spacial score (nSPS) is 35.3. The van der Waals surface area contributed by atoms with Gasteiger partial charge in [-0.05, 0) is 56.3 Å². The lowest BCUT2D eigenvalue weighted by atomic mass is 9.70. The van der Waals surface area contributed by atoms with Crippen LogP contribution >= 0.6 is 0 Å². The highest BCUT2D eigenvalue weighted by Gasteiger charge is 2.33. The van der Waals surface area contributed by atoms with Crippen LogP contribution in [0.4, 0.5) is 0 Å². The molecule has 0 aromatic carbocycles. The molecule has 0 aromatic heterocycles. The third-order valence-corrected chi connectivity index (χ3v) is 5.24. The standard InChI is InChI=1S/C17H33N/c1-13-10-16(12-17(3,4)11-13)18-14(2)15-8-6-5-7-9-15/h13-16,18H,5-12H2,1-4H3/t13?,14-,16?/m1/s1. The number of nitrogens with one attached hydrogen (secondary N) is 1. The molecule has 3 atom stereocenters. The molecule has 0 spiro atoms. The molecule has 2 rings (SSSR count). The average molecular weight is 251 g/mol. The summed E-state index contributed by atoms with van der Waals surface area (Å²) in [6.45, 7) is 9.76. The van der Waals surface area contributed by atoms with Crippen molar-refractivity contribution in [2.75, 3.05) is 0 Å². The average Bonchev–Trinajstić information content (AvgIpc) is 2.27. The fourth-order valence-corrected chi connectivity index (χ4v) is 4.62. The van der Waals surface area contributed by atoms with Crippen molar-refractivity contribution in [1.82, 2.24) is 5.32 Å². The van der Waals surface area contributed by atoms with Gasteiger partial charge in [0.2, 0.25) is 0 Å². The van der Waals surface area contributed by atoms with Crippen molar-refractivity contribution in [3.05, 3.63) is 0 Å². The lowest BCUT2D eigenvalue weighted by Crippen LogP contribution is -2.46. The van der Waals surface area contributed by atoms with Gasteiger partial charge in [0, 0.05) is 12.1 Å². The number of hydrogen-bond donors (Lipinski definition) is 1. The molecule has 0 heterocycles. The Morgan fingerprint density at radius 2 is 1.72 bits per heavy atom. The van der Waals surface area contributed by atoms with Gasteiger partial charge in [-0.2, -0.15) is 0 Å². The monoisotopic (exact) mass is 251 g/mol. The first-order valence-electron chi connectivity index (χ1n) is 8.22. The van der Waals surface area contributed by atoms with Gasteiger partial charge in [-0.15, -0.1) is 0 Å². The third kappa shape index (κ3) is 3.98. The first-order chi connectivity index (χ1) is 8.46. The van der Waals surface area contributed by atoms with E-state index in [4.69, 9.17) is 0 Å². The Kier molecular flexibility index (Phi) is 4.75. The van der Waals surface area contributed by atoms with E-state index in [1.807, 2.05) is 0 Å². The van der Waals surface area contributed by atoms with Crippen LogP contribution in [0.1, 0.15) is 79.1 Å². The van der Waals surface area contributed by atoms with E-state index in [0.29, 0.717) is 5.41 Å². The predicted molar refractivity (Wildman–Crippen MR) is 79.8 cm³/mol. The molecule has 0 aromatic rings. The maximum Gasteiger partial charge on any atom is 0.00772 e. The number of hydrogen-bond acceptors (Lipinski definition) is 1. The minimum Gasteiger partial charge on any atom is -0.311 e. The molecule has 2 saturated carbocycles. The Labute approximate surface area is 114 Å². The lowest BCUT2D eigenvalue weighted by Gasteiger charge is -2.41. The zero-order chi connectivity index (χ0) is 13.2. The minimum atomic E-state index is 0.543. The molecule has 2 aliphatic carbocycles. The van der Waals surface area contributed by atoms with Gasteiger partial charge in [-0.1, -0.05) is 40.0 Å². The molecule has 2 fully saturated rings. The molecule has 0 bridgehead atoms. The Balaban J connectivity index is 1.84. The van der Waals surface area contributed by atoms with Gasteiger partial charge in [0.05, 0.1) is 0 Å². The summed E-state index contributed by atoms with van der Waals surface area (Å²) in [5.41, 5.74) is 0.543. The molecule has 106 valence electrons. The Hall–Kier alpha value is -0.0400. The summed E-state index contributed by atoms with van der Waals surface area (Å²) in [4.78, 5) is 0.